The first-order chi connectivity index (χ1) is 9.95. The van der Waals surface area contributed by atoms with Gasteiger partial charge in [0.05, 0.1) is 24.3 Å². The predicted octanol–water partition coefficient (Wildman–Crippen LogP) is 2.27. The van der Waals surface area contributed by atoms with Gasteiger partial charge in [-0.25, -0.2) is 0 Å². The molecule has 2 unspecified atom stereocenters. The summed E-state index contributed by atoms with van der Waals surface area (Å²) in [7, 11) is 0. The number of ether oxygens (including phenoxy) is 1. The Morgan fingerprint density at radius 1 is 1.48 bits per heavy atom. The van der Waals surface area contributed by atoms with Crippen LogP contribution in [0.1, 0.15) is 23.8 Å². The van der Waals surface area contributed by atoms with Crippen LogP contribution in [0, 0.1) is 5.92 Å². The van der Waals surface area contributed by atoms with E-state index in [9.17, 15) is 14.7 Å². The second-order valence-corrected chi connectivity index (χ2v) is 5.68. The SMILES string of the molecule is CCCN(C(=O)c1cc(Cl)c(Cl)[nH]1)C1COCC1C(=O)O. The highest BCUT2D eigenvalue weighted by Gasteiger charge is 2.40. The molecule has 8 heteroatoms. The van der Waals surface area contributed by atoms with Gasteiger partial charge < -0.3 is 19.7 Å². The van der Waals surface area contributed by atoms with Crippen LogP contribution >= 0.6 is 23.2 Å². The summed E-state index contributed by atoms with van der Waals surface area (Å²) in [6, 6.07) is 0.955. The lowest BCUT2D eigenvalue weighted by atomic mass is 10.0. The minimum Gasteiger partial charge on any atom is -0.481 e. The van der Waals surface area contributed by atoms with Gasteiger partial charge in [-0.1, -0.05) is 30.1 Å². The standard InChI is InChI=1S/C13H16Cl2N2O4/c1-2-3-17(10-6-21-5-7(10)13(19)20)12(18)9-4-8(14)11(15)16-9/h4,7,10,16H,2-3,5-6H2,1H3,(H,19,20). The van der Waals surface area contributed by atoms with E-state index in [2.05, 4.69) is 4.98 Å². The van der Waals surface area contributed by atoms with Crippen LogP contribution in [-0.4, -0.2) is 52.7 Å². The molecule has 0 aliphatic carbocycles. The van der Waals surface area contributed by atoms with Gasteiger partial charge in [0.15, 0.2) is 0 Å². The number of rotatable bonds is 5. The molecule has 0 radical (unpaired) electrons. The van der Waals surface area contributed by atoms with Gasteiger partial charge in [-0.05, 0) is 12.5 Å². The summed E-state index contributed by atoms with van der Waals surface area (Å²) in [6.45, 7) is 2.68. The normalized spacial score (nSPS) is 21.5. The van der Waals surface area contributed by atoms with Crippen molar-refractivity contribution in [1.29, 1.82) is 0 Å². The topological polar surface area (TPSA) is 82.6 Å². The van der Waals surface area contributed by atoms with Crippen molar-refractivity contribution in [3.63, 3.8) is 0 Å². The fourth-order valence-corrected chi connectivity index (χ4v) is 2.73. The van der Waals surface area contributed by atoms with Gasteiger partial charge in [-0.3, -0.25) is 9.59 Å². The Hall–Kier alpha value is -1.24. The van der Waals surface area contributed by atoms with Crippen molar-refractivity contribution < 1.29 is 19.4 Å². The molecule has 0 bridgehead atoms. The fraction of sp³-hybridized carbons (Fsp3) is 0.538. The zero-order chi connectivity index (χ0) is 15.6. The van der Waals surface area contributed by atoms with Crippen LogP contribution in [0.15, 0.2) is 6.07 Å². The lowest BCUT2D eigenvalue weighted by molar-refractivity contribution is -0.142. The molecule has 116 valence electrons. The Labute approximate surface area is 132 Å². The highest BCUT2D eigenvalue weighted by molar-refractivity contribution is 6.41. The predicted molar refractivity (Wildman–Crippen MR) is 77.9 cm³/mol. The number of nitrogens with zero attached hydrogens (tertiary/aromatic N) is 1. The smallest absolute Gasteiger partial charge is 0.311 e. The molecule has 2 rings (SSSR count). The first-order valence-corrected chi connectivity index (χ1v) is 7.36. The molecule has 2 N–H and O–H groups in total. The Morgan fingerprint density at radius 2 is 2.19 bits per heavy atom. The van der Waals surface area contributed by atoms with Crippen molar-refractivity contribution in [2.75, 3.05) is 19.8 Å². The number of H-pyrrole nitrogens is 1. The highest BCUT2D eigenvalue weighted by Crippen LogP contribution is 2.26. The molecule has 0 spiro atoms. The number of amides is 1. The molecule has 1 aromatic heterocycles. The fourth-order valence-electron chi connectivity index (χ4n) is 2.42. The largest absolute Gasteiger partial charge is 0.481 e. The number of aliphatic carboxylic acids is 1. The third-order valence-electron chi connectivity index (χ3n) is 3.45. The molecule has 0 saturated carbocycles. The molecule has 2 heterocycles. The van der Waals surface area contributed by atoms with E-state index in [-0.39, 0.29) is 35.0 Å². The second kappa shape index (κ2) is 6.68. The average Bonchev–Trinajstić information content (AvgIpc) is 3.03. The van der Waals surface area contributed by atoms with Crippen molar-refractivity contribution >= 4 is 35.1 Å². The quantitative estimate of drug-likeness (QED) is 0.865. The van der Waals surface area contributed by atoms with Crippen LogP contribution in [0.4, 0.5) is 0 Å². The van der Waals surface area contributed by atoms with Crippen LogP contribution in [0.3, 0.4) is 0 Å². The Bertz CT molecular complexity index is 527. The molecule has 1 aromatic rings. The number of carboxylic acids is 1. The van der Waals surface area contributed by atoms with Crippen molar-refractivity contribution in [3.05, 3.63) is 21.9 Å². The molecule has 1 saturated heterocycles. The van der Waals surface area contributed by atoms with Gasteiger partial charge in [0.2, 0.25) is 0 Å². The monoisotopic (exact) mass is 334 g/mol. The molecule has 2 atom stereocenters. The number of nitrogens with one attached hydrogen (secondary N) is 1. The summed E-state index contributed by atoms with van der Waals surface area (Å²) < 4.78 is 5.24. The lowest BCUT2D eigenvalue weighted by Gasteiger charge is -2.29. The van der Waals surface area contributed by atoms with Gasteiger partial charge in [-0.15, -0.1) is 0 Å². The number of hydrogen-bond acceptors (Lipinski definition) is 3. The zero-order valence-corrected chi connectivity index (χ0v) is 12.9. The van der Waals surface area contributed by atoms with Crippen molar-refractivity contribution in [2.45, 2.75) is 19.4 Å². The summed E-state index contributed by atoms with van der Waals surface area (Å²) in [6.07, 6.45) is 0.705. The second-order valence-electron chi connectivity index (χ2n) is 4.89. The Balaban J connectivity index is 2.25. The van der Waals surface area contributed by atoms with Gasteiger partial charge in [-0.2, -0.15) is 0 Å². The van der Waals surface area contributed by atoms with E-state index in [1.165, 1.54) is 11.0 Å². The zero-order valence-electron chi connectivity index (χ0n) is 11.4. The first kappa shape index (κ1) is 16.1. The highest BCUT2D eigenvalue weighted by atomic mass is 35.5. The van der Waals surface area contributed by atoms with Crippen LogP contribution in [0.25, 0.3) is 0 Å². The van der Waals surface area contributed by atoms with E-state index in [0.717, 1.165) is 0 Å². The maximum atomic E-state index is 12.6. The molecule has 1 fully saturated rings. The molecule has 1 aliphatic heterocycles. The molecular formula is C13H16Cl2N2O4. The number of carbonyl (C=O) groups excluding carboxylic acids is 1. The average molecular weight is 335 g/mol. The molecule has 6 nitrogen and oxygen atoms in total. The van der Waals surface area contributed by atoms with Gasteiger partial charge in [0.1, 0.15) is 16.8 Å². The van der Waals surface area contributed by atoms with Gasteiger partial charge >= 0.3 is 5.97 Å². The maximum Gasteiger partial charge on any atom is 0.311 e. The summed E-state index contributed by atoms with van der Waals surface area (Å²) in [5, 5.41) is 9.68. The number of hydrogen-bond donors (Lipinski definition) is 2. The Morgan fingerprint density at radius 3 is 2.71 bits per heavy atom. The van der Waals surface area contributed by atoms with E-state index < -0.39 is 17.9 Å². The lowest BCUT2D eigenvalue weighted by Crippen LogP contribution is -2.47. The van der Waals surface area contributed by atoms with E-state index in [4.69, 9.17) is 27.9 Å². The number of aromatic nitrogens is 1. The summed E-state index contributed by atoms with van der Waals surface area (Å²) in [5.74, 6) is -2.01. The number of halogens is 2. The molecule has 0 aromatic carbocycles. The molecular weight excluding hydrogens is 319 g/mol. The molecule has 1 aliphatic rings. The summed E-state index contributed by atoms with van der Waals surface area (Å²) in [5.41, 5.74) is 0.245. The van der Waals surface area contributed by atoms with Crippen LogP contribution in [-0.2, 0) is 9.53 Å². The van der Waals surface area contributed by atoms with E-state index in [1.54, 1.807) is 0 Å². The number of carbonyl (C=O) groups is 2. The summed E-state index contributed by atoms with van der Waals surface area (Å²) in [4.78, 5) is 28.1. The van der Waals surface area contributed by atoms with Crippen molar-refractivity contribution in [3.8, 4) is 0 Å². The number of carboxylic acid groups (broad SMARTS) is 1. The molecule has 1 amide bonds. The van der Waals surface area contributed by atoms with Crippen LogP contribution < -0.4 is 0 Å². The van der Waals surface area contributed by atoms with Crippen LogP contribution in [0.5, 0.6) is 0 Å². The van der Waals surface area contributed by atoms with E-state index in [0.29, 0.717) is 13.0 Å². The Kier molecular flexibility index (Phi) is 5.13. The van der Waals surface area contributed by atoms with E-state index >= 15 is 0 Å². The number of aromatic amines is 1. The molecule has 21 heavy (non-hydrogen) atoms. The first-order valence-electron chi connectivity index (χ1n) is 6.61. The third-order valence-corrected chi connectivity index (χ3v) is 4.14. The summed E-state index contributed by atoms with van der Waals surface area (Å²) >= 11 is 11.7. The van der Waals surface area contributed by atoms with Crippen molar-refractivity contribution in [1.82, 2.24) is 9.88 Å². The minimum atomic E-state index is -0.964. The maximum absolute atomic E-state index is 12.6. The van der Waals surface area contributed by atoms with E-state index in [1.807, 2.05) is 6.92 Å². The third kappa shape index (κ3) is 3.33. The minimum absolute atomic E-state index is 0.111. The van der Waals surface area contributed by atoms with Gasteiger partial charge in [0.25, 0.3) is 5.91 Å². The van der Waals surface area contributed by atoms with Crippen LogP contribution in [0.2, 0.25) is 10.2 Å². The van der Waals surface area contributed by atoms with Crippen molar-refractivity contribution in [2.24, 2.45) is 5.92 Å². The van der Waals surface area contributed by atoms with Gasteiger partial charge in [0, 0.05) is 6.54 Å².